The summed E-state index contributed by atoms with van der Waals surface area (Å²) in [7, 11) is 5.59. The van der Waals surface area contributed by atoms with Crippen LogP contribution >= 0.6 is 0 Å². The van der Waals surface area contributed by atoms with Crippen LogP contribution in [-0.4, -0.2) is 77.7 Å². The van der Waals surface area contributed by atoms with Gasteiger partial charge in [-0.25, -0.2) is 19.2 Å². The molecule has 12 heteroatoms. The van der Waals surface area contributed by atoms with Crippen LogP contribution < -0.4 is 18.9 Å². The first-order valence-corrected chi connectivity index (χ1v) is 11.4. The number of ether oxygens (including phenoxy) is 8. The molecule has 0 fully saturated rings. The van der Waals surface area contributed by atoms with E-state index in [1.54, 1.807) is 0 Å². The third-order valence-corrected chi connectivity index (χ3v) is 5.02. The van der Waals surface area contributed by atoms with Gasteiger partial charge in [0.2, 0.25) is 12.2 Å². The lowest BCUT2D eigenvalue weighted by molar-refractivity contribution is -0.173. The second-order valence-corrected chi connectivity index (χ2v) is 7.30. The predicted octanol–water partition coefficient (Wildman–Crippen LogP) is 2.60. The van der Waals surface area contributed by atoms with Crippen LogP contribution in [0.25, 0.3) is 0 Å². The summed E-state index contributed by atoms with van der Waals surface area (Å²) in [6.45, 7) is 2.81. The maximum atomic E-state index is 13.0. The van der Waals surface area contributed by atoms with E-state index >= 15 is 0 Å². The number of methoxy groups -OCH3 is 4. The summed E-state index contributed by atoms with van der Waals surface area (Å²) >= 11 is 0. The van der Waals surface area contributed by atoms with E-state index in [2.05, 4.69) is 0 Å². The third-order valence-electron chi connectivity index (χ3n) is 5.02. The van der Waals surface area contributed by atoms with Crippen molar-refractivity contribution in [2.75, 3.05) is 41.7 Å². The standard InChI is InChI=1S/C26H30O12/c1-7-35-25(29)21(37-23(27)15-9-11-17(31-3)19(13-15)33-5)22(26(30)36-8-2)38-24(28)16-10-12-18(32-4)20(14-16)34-6/h9-14,21-22H,7-8H2,1-6H3/t21-,22-/m1/s1. The van der Waals surface area contributed by atoms with Gasteiger partial charge in [0.05, 0.1) is 52.8 Å². The van der Waals surface area contributed by atoms with Gasteiger partial charge in [0, 0.05) is 0 Å². The van der Waals surface area contributed by atoms with Crippen LogP contribution in [0.2, 0.25) is 0 Å². The second-order valence-electron chi connectivity index (χ2n) is 7.30. The molecular formula is C26H30O12. The van der Waals surface area contributed by atoms with Crippen molar-refractivity contribution < 1.29 is 57.1 Å². The fourth-order valence-corrected chi connectivity index (χ4v) is 3.21. The summed E-state index contributed by atoms with van der Waals surface area (Å²) < 4.78 is 41.3. The van der Waals surface area contributed by atoms with E-state index in [-0.39, 0.29) is 35.8 Å². The zero-order valence-corrected chi connectivity index (χ0v) is 21.9. The molecule has 0 N–H and O–H groups in total. The molecule has 12 nitrogen and oxygen atoms in total. The molecule has 0 aliphatic carbocycles. The Bertz CT molecular complexity index is 1050. The molecule has 0 amide bonds. The van der Waals surface area contributed by atoms with E-state index in [0.29, 0.717) is 11.5 Å². The van der Waals surface area contributed by atoms with E-state index in [9.17, 15) is 19.2 Å². The lowest BCUT2D eigenvalue weighted by Gasteiger charge is -2.24. The highest BCUT2D eigenvalue weighted by Gasteiger charge is 2.43. The molecule has 2 aromatic rings. The molecule has 0 radical (unpaired) electrons. The highest BCUT2D eigenvalue weighted by atomic mass is 16.6. The van der Waals surface area contributed by atoms with Gasteiger partial charge in [-0.15, -0.1) is 0 Å². The normalized spacial score (nSPS) is 11.8. The van der Waals surface area contributed by atoms with Gasteiger partial charge >= 0.3 is 23.9 Å². The van der Waals surface area contributed by atoms with E-state index in [1.807, 2.05) is 0 Å². The topological polar surface area (TPSA) is 142 Å². The second kappa shape index (κ2) is 14.3. The van der Waals surface area contributed by atoms with Gasteiger partial charge in [0.1, 0.15) is 0 Å². The Morgan fingerprint density at radius 2 is 0.921 bits per heavy atom. The highest BCUT2D eigenvalue weighted by molar-refractivity contribution is 5.96. The average molecular weight is 535 g/mol. The molecule has 2 aromatic carbocycles. The zero-order valence-electron chi connectivity index (χ0n) is 21.9. The maximum absolute atomic E-state index is 13.0. The smallest absolute Gasteiger partial charge is 0.352 e. The number of rotatable bonds is 13. The Labute approximate surface area is 219 Å². The van der Waals surface area contributed by atoms with Crippen molar-refractivity contribution in [2.45, 2.75) is 26.1 Å². The minimum Gasteiger partial charge on any atom is -0.493 e. The number of benzene rings is 2. The lowest BCUT2D eigenvalue weighted by Crippen LogP contribution is -2.47. The predicted molar refractivity (Wildman–Crippen MR) is 131 cm³/mol. The van der Waals surface area contributed by atoms with Gasteiger partial charge in [-0.05, 0) is 50.2 Å². The summed E-state index contributed by atoms with van der Waals surface area (Å²) in [4.78, 5) is 51.6. The van der Waals surface area contributed by atoms with E-state index in [1.165, 1.54) is 78.7 Å². The van der Waals surface area contributed by atoms with Crippen molar-refractivity contribution in [1.82, 2.24) is 0 Å². The van der Waals surface area contributed by atoms with E-state index in [4.69, 9.17) is 37.9 Å². The number of hydrogen-bond acceptors (Lipinski definition) is 12. The SMILES string of the molecule is CCOC(=O)[C@H](OC(=O)c1ccc(OC)c(OC)c1)[C@@H](OC(=O)c1ccc(OC)c(OC)c1)C(=O)OCC. The minimum atomic E-state index is -1.99. The van der Waals surface area contributed by atoms with Crippen molar-refractivity contribution in [3.8, 4) is 23.0 Å². The van der Waals surface area contributed by atoms with E-state index < -0.39 is 36.1 Å². The van der Waals surface area contributed by atoms with Gasteiger partial charge in [0.25, 0.3) is 0 Å². The fraction of sp³-hybridized carbons (Fsp3) is 0.385. The van der Waals surface area contributed by atoms with Crippen LogP contribution in [0.3, 0.4) is 0 Å². The molecule has 0 saturated heterocycles. The van der Waals surface area contributed by atoms with Gasteiger partial charge in [-0.1, -0.05) is 0 Å². The van der Waals surface area contributed by atoms with Crippen LogP contribution in [0.1, 0.15) is 34.6 Å². The molecule has 206 valence electrons. The summed E-state index contributed by atoms with van der Waals surface area (Å²) in [5.74, 6) is -3.17. The molecule has 0 bridgehead atoms. The van der Waals surface area contributed by atoms with Crippen LogP contribution in [0.4, 0.5) is 0 Å². The molecular weight excluding hydrogens is 504 g/mol. The van der Waals surface area contributed by atoms with Crippen molar-refractivity contribution in [1.29, 1.82) is 0 Å². The molecule has 0 spiro atoms. The van der Waals surface area contributed by atoms with Crippen molar-refractivity contribution >= 4 is 23.9 Å². The summed E-state index contributed by atoms with van der Waals surface area (Å²) in [6.07, 6.45) is -3.97. The molecule has 0 aliphatic heterocycles. The number of esters is 4. The third kappa shape index (κ3) is 7.28. The number of hydrogen-bond donors (Lipinski definition) is 0. The van der Waals surface area contributed by atoms with Crippen LogP contribution in [0, 0.1) is 0 Å². The minimum absolute atomic E-state index is 0.0363. The Balaban J connectivity index is 2.43. The molecule has 0 saturated carbocycles. The molecule has 0 aromatic heterocycles. The van der Waals surface area contributed by atoms with Crippen molar-refractivity contribution in [3.05, 3.63) is 47.5 Å². The maximum Gasteiger partial charge on any atom is 0.352 e. The van der Waals surface area contributed by atoms with Crippen LogP contribution in [-0.2, 0) is 28.5 Å². The molecule has 38 heavy (non-hydrogen) atoms. The van der Waals surface area contributed by atoms with E-state index in [0.717, 1.165) is 0 Å². The fourth-order valence-electron chi connectivity index (χ4n) is 3.21. The quantitative estimate of drug-likeness (QED) is 0.275. The first-order valence-electron chi connectivity index (χ1n) is 11.4. The first-order chi connectivity index (χ1) is 18.2. The van der Waals surface area contributed by atoms with Gasteiger partial charge < -0.3 is 37.9 Å². The first kappa shape index (κ1) is 29.7. The van der Waals surface area contributed by atoms with Gasteiger partial charge in [-0.3, -0.25) is 0 Å². The summed E-state index contributed by atoms with van der Waals surface area (Å²) in [5, 5.41) is 0. The summed E-state index contributed by atoms with van der Waals surface area (Å²) in [5.41, 5.74) is -0.0726. The van der Waals surface area contributed by atoms with Gasteiger partial charge in [0.15, 0.2) is 23.0 Å². The molecule has 0 unspecified atom stereocenters. The largest absolute Gasteiger partial charge is 0.493 e. The molecule has 2 rings (SSSR count). The summed E-state index contributed by atoms with van der Waals surface area (Å²) in [6, 6.07) is 8.27. The van der Waals surface area contributed by atoms with Crippen LogP contribution in [0.15, 0.2) is 36.4 Å². The monoisotopic (exact) mass is 534 g/mol. The Kier molecular flexibility index (Phi) is 11.2. The average Bonchev–Trinajstić information content (AvgIpc) is 2.93. The molecule has 0 heterocycles. The number of carbonyl (C=O) groups is 4. The Morgan fingerprint density at radius 3 is 1.21 bits per heavy atom. The highest BCUT2D eigenvalue weighted by Crippen LogP contribution is 2.29. The zero-order chi connectivity index (χ0) is 28.2. The molecule has 2 atom stereocenters. The molecule has 0 aliphatic rings. The van der Waals surface area contributed by atoms with Gasteiger partial charge in [-0.2, -0.15) is 0 Å². The number of carbonyl (C=O) groups excluding carboxylic acids is 4. The van der Waals surface area contributed by atoms with Crippen molar-refractivity contribution in [2.24, 2.45) is 0 Å². The Hall–Kier alpha value is -4.48. The van der Waals surface area contributed by atoms with Crippen LogP contribution in [0.5, 0.6) is 23.0 Å². The Morgan fingerprint density at radius 1 is 0.579 bits per heavy atom. The van der Waals surface area contributed by atoms with Crippen molar-refractivity contribution in [3.63, 3.8) is 0 Å². The lowest BCUT2D eigenvalue weighted by atomic mass is 10.1.